The van der Waals surface area contributed by atoms with E-state index in [2.05, 4.69) is 15.3 Å². The minimum absolute atomic E-state index is 0.0560. The van der Waals surface area contributed by atoms with Crippen molar-refractivity contribution in [3.05, 3.63) is 45.5 Å². The molecular formula is C13H11ClN6O2. The molecule has 0 aliphatic heterocycles. The van der Waals surface area contributed by atoms with Crippen LogP contribution in [0.25, 0.3) is 16.9 Å². The van der Waals surface area contributed by atoms with Crippen LogP contribution in [0.2, 0.25) is 5.02 Å². The van der Waals surface area contributed by atoms with E-state index in [0.29, 0.717) is 10.7 Å². The highest BCUT2D eigenvalue weighted by atomic mass is 35.5. The molecule has 0 bridgehead atoms. The molecule has 0 unspecified atom stereocenters. The molecule has 2 aromatic heterocycles. The molecular weight excluding hydrogens is 308 g/mol. The summed E-state index contributed by atoms with van der Waals surface area (Å²) in [5.74, 6) is -0.638. The highest BCUT2D eigenvalue weighted by Crippen LogP contribution is 2.20. The number of rotatable bonds is 3. The maximum Gasteiger partial charge on any atom is 0.284 e. The molecule has 8 nitrogen and oxygen atoms in total. The lowest BCUT2D eigenvalue weighted by Crippen LogP contribution is -2.28. The standard InChI is InChI=1S/C13H11ClN6O2/c1-7-2-3-8(4-9(7)14)20-12-11(17-18-20)13(22)19(6-16-12)5-10(15)21/h2-4,6H,5H2,1H3,(H2,15,21). The Kier molecular flexibility index (Phi) is 3.38. The van der Waals surface area contributed by atoms with Gasteiger partial charge in [0, 0.05) is 5.02 Å². The quantitative estimate of drug-likeness (QED) is 0.753. The summed E-state index contributed by atoms with van der Waals surface area (Å²) in [5, 5.41) is 8.34. The van der Waals surface area contributed by atoms with Gasteiger partial charge in [-0.05, 0) is 24.6 Å². The van der Waals surface area contributed by atoms with Crippen molar-refractivity contribution in [2.75, 3.05) is 0 Å². The number of nitrogens with zero attached hydrogens (tertiary/aromatic N) is 5. The number of aryl methyl sites for hydroxylation is 1. The van der Waals surface area contributed by atoms with Gasteiger partial charge in [0.25, 0.3) is 5.56 Å². The molecule has 22 heavy (non-hydrogen) atoms. The molecule has 0 atom stereocenters. The van der Waals surface area contributed by atoms with E-state index in [-0.39, 0.29) is 17.7 Å². The largest absolute Gasteiger partial charge is 0.368 e. The van der Waals surface area contributed by atoms with Crippen molar-refractivity contribution in [1.82, 2.24) is 24.5 Å². The molecule has 3 rings (SSSR count). The Hall–Kier alpha value is -2.74. The second-order valence-corrected chi connectivity index (χ2v) is 5.16. The molecule has 2 N–H and O–H groups in total. The Balaban J connectivity index is 2.17. The minimum atomic E-state index is -0.638. The Labute approximate surface area is 129 Å². The third-order valence-corrected chi connectivity index (χ3v) is 3.56. The van der Waals surface area contributed by atoms with E-state index < -0.39 is 11.5 Å². The molecule has 1 amide bonds. The third kappa shape index (κ3) is 2.33. The highest BCUT2D eigenvalue weighted by Gasteiger charge is 2.14. The van der Waals surface area contributed by atoms with Crippen LogP contribution in [0.5, 0.6) is 0 Å². The number of primary amides is 1. The fraction of sp³-hybridized carbons (Fsp3) is 0.154. The molecule has 3 aromatic rings. The number of hydrogen-bond acceptors (Lipinski definition) is 5. The highest BCUT2D eigenvalue weighted by molar-refractivity contribution is 6.31. The molecule has 0 aliphatic rings. The number of benzene rings is 1. The zero-order chi connectivity index (χ0) is 15.9. The Morgan fingerprint density at radius 2 is 2.18 bits per heavy atom. The van der Waals surface area contributed by atoms with Crippen LogP contribution in [0.1, 0.15) is 5.56 Å². The summed E-state index contributed by atoms with van der Waals surface area (Å²) in [6.45, 7) is 1.62. The van der Waals surface area contributed by atoms with Crippen LogP contribution in [-0.2, 0) is 11.3 Å². The summed E-state index contributed by atoms with van der Waals surface area (Å²) in [4.78, 5) is 27.3. The van der Waals surface area contributed by atoms with Gasteiger partial charge in [-0.3, -0.25) is 14.2 Å². The van der Waals surface area contributed by atoms with Crippen LogP contribution in [0.15, 0.2) is 29.3 Å². The fourth-order valence-electron chi connectivity index (χ4n) is 2.01. The zero-order valence-electron chi connectivity index (χ0n) is 11.5. The number of fused-ring (bicyclic) bond motifs is 1. The molecule has 0 fully saturated rings. The summed E-state index contributed by atoms with van der Waals surface area (Å²) in [7, 11) is 0. The van der Waals surface area contributed by atoms with Crippen molar-refractivity contribution in [2.24, 2.45) is 5.73 Å². The van der Waals surface area contributed by atoms with Crippen LogP contribution < -0.4 is 11.3 Å². The van der Waals surface area contributed by atoms with Gasteiger partial charge >= 0.3 is 0 Å². The smallest absolute Gasteiger partial charge is 0.284 e. The first kappa shape index (κ1) is 14.2. The predicted octanol–water partition coefficient (Wildman–Crippen LogP) is 0.424. The second kappa shape index (κ2) is 5.23. The lowest BCUT2D eigenvalue weighted by Gasteiger charge is -2.05. The molecule has 0 saturated carbocycles. The first-order chi connectivity index (χ1) is 10.5. The molecule has 0 saturated heterocycles. The Bertz CT molecular complexity index is 945. The lowest BCUT2D eigenvalue weighted by atomic mass is 10.2. The van der Waals surface area contributed by atoms with Gasteiger partial charge in [-0.15, -0.1) is 5.10 Å². The first-order valence-electron chi connectivity index (χ1n) is 6.33. The number of carbonyl (C=O) groups excluding carboxylic acids is 1. The van der Waals surface area contributed by atoms with Gasteiger partial charge in [-0.1, -0.05) is 22.9 Å². The molecule has 0 spiro atoms. The molecule has 9 heteroatoms. The summed E-state index contributed by atoms with van der Waals surface area (Å²) < 4.78 is 2.50. The lowest BCUT2D eigenvalue weighted by molar-refractivity contribution is -0.118. The second-order valence-electron chi connectivity index (χ2n) is 4.75. The summed E-state index contributed by atoms with van der Waals surface area (Å²) in [6, 6.07) is 5.34. The van der Waals surface area contributed by atoms with Gasteiger partial charge in [-0.2, -0.15) is 4.68 Å². The van der Waals surface area contributed by atoms with Crippen molar-refractivity contribution >= 4 is 28.7 Å². The van der Waals surface area contributed by atoms with E-state index in [9.17, 15) is 9.59 Å². The molecule has 1 aromatic carbocycles. The molecule has 112 valence electrons. The van der Waals surface area contributed by atoms with Gasteiger partial charge < -0.3 is 5.73 Å². The van der Waals surface area contributed by atoms with E-state index in [1.807, 2.05) is 13.0 Å². The SMILES string of the molecule is Cc1ccc(-n2nnc3c(=O)n(CC(N)=O)cnc32)cc1Cl. The van der Waals surface area contributed by atoms with Gasteiger partial charge in [0.1, 0.15) is 12.9 Å². The van der Waals surface area contributed by atoms with Gasteiger partial charge in [-0.25, -0.2) is 4.98 Å². The van der Waals surface area contributed by atoms with Gasteiger partial charge in [0.2, 0.25) is 5.91 Å². The minimum Gasteiger partial charge on any atom is -0.368 e. The summed E-state index contributed by atoms with van der Waals surface area (Å²) in [5.41, 5.74) is 6.50. The van der Waals surface area contributed by atoms with E-state index in [1.165, 1.54) is 11.0 Å². The van der Waals surface area contributed by atoms with Gasteiger partial charge in [0.05, 0.1) is 5.69 Å². The Morgan fingerprint density at radius 3 is 2.86 bits per heavy atom. The summed E-state index contributed by atoms with van der Waals surface area (Å²) >= 11 is 6.10. The predicted molar refractivity (Wildman–Crippen MR) is 79.9 cm³/mol. The van der Waals surface area contributed by atoms with Crippen molar-refractivity contribution in [2.45, 2.75) is 13.5 Å². The van der Waals surface area contributed by atoms with E-state index >= 15 is 0 Å². The number of aromatic nitrogens is 5. The van der Waals surface area contributed by atoms with Crippen LogP contribution in [0, 0.1) is 6.92 Å². The molecule has 0 radical (unpaired) electrons. The number of hydrogen-bond donors (Lipinski definition) is 1. The van der Waals surface area contributed by atoms with E-state index in [4.69, 9.17) is 17.3 Å². The normalized spacial score (nSPS) is 11.0. The fourth-order valence-corrected chi connectivity index (χ4v) is 2.19. The van der Waals surface area contributed by atoms with Crippen molar-refractivity contribution in [1.29, 1.82) is 0 Å². The maximum atomic E-state index is 12.2. The van der Waals surface area contributed by atoms with Crippen LogP contribution in [-0.4, -0.2) is 30.5 Å². The van der Waals surface area contributed by atoms with Crippen LogP contribution >= 0.6 is 11.6 Å². The third-order valence-electron chi connectivity index (χ3n) is 3.16. The van der Waals surface area contributed by atoms with E-state index in [1.54, 1.807) is 12.1 Å². The molecule has 0 aliphatic carbocycles. The van der Waals surface area contributed by atoms with Crippen LogP contribution in [0.4, 0.5) is 0 Å². The molecule has 2 heterocycles. The van der Waals surface area contributed by atoms with Gasteiger partial charge in [0.15, 0.2) is 11.2 Å². The monoisotopic (exact) mass is 318 g/mol. The number of carbonyl (C=O) groups is 1. The summed E-state index contributed by atoms with van der Waals surface area (Å²) in [6.07, 6.45) is 1.24. The average molecular weight is 319 g/mol. The zero-order valence-corrected chi connectivity index (χ0v) is 12.3. The van der Waals surface area contributed by atoms with Crippen LogP contribution in [0.3, 0.4) is 0 Å². The van der Waals surface area contributed by atoms with E-state index in [0.717, 1.165) is 10.1 Å². The average Bonchev–Trinajstić information content (AvgIpc) is 2.89. The van der Waals surface area contributed by atoms with Crippen molar-refractivity contribution in [3.8, 4) is 5.69 Å². The number of amides is 1. The number of nitrogens with two attached hydrogens (primary N) is 1. The topological polar surface area (TPSA) is 109 Å². The van der Waals surface area contributed by atoms with Crippen molar-refractivity contribution < 1.29 is 4.79 Å². The Morgan fingerprint density at radius 1 is 1.41 bits per heavy atom. The van der Waals surface area contributed by atoms with Crippen molar-refractivity contribution in [3.63, 3.8) is 0 Å². The first-order valence-corrected chi connectivity index (χ1v) is 6.71. The number of halogens is 1. The maximum absolute atomic E-state index is 12.2.